The molecule has 2 aliphatic rings. The predicted molar refractivity (Wildman–Crippen MR) is 135 cm³/mol. The molecular formula is C25H34FN5O3S. The van der Waals surface area contributed by atoms with Crippen LogP contribution in [0.5, 0.6) is 0 Å². The Morgan fingerprint density at radius 1 is 1.03 bits per heavy atom. The van der Waals surface area contributed by atoms with Gasteiger partial charge in [0, 0.05) is 63.3 Å². The predicted octanol–water partition coefficient (Wildman–Crippen LogP) is 1.70. The van der Waals surface area contributed by atoms with Crippen LogP contribution in [0.2, 0.25) is 0 Å². The number of nitrogens with zero attached hydrogens (tertiary/aromatic N) is 3. The lowest BCUT2D eigenvalue weighted by atomic mass is 10.0. The first-order chi connectivity index (χ1) is 17.0. The van der Waals surface area contributed by atoms with E-state index in [9.17, 15) is 14.0 Å². The quantitative estimate of drug-likeness (QED) is 0.534. The summed E-state index contributed by atoms with van der Waals surface area (Å²) in [5.41, 5.74) is 0.620. The number of nitrogens with one attached hydrogen (secondary N) is 2. The largest absolute Gasteiger partial charge is 0.379 e. The molecule has 2 amide bonds. The van der Waals surface area contributed by atoms with Crippen molar-refractivity contribution < 1.29 is 18.7 Å². The second-order valence-corrected chi connectivity index (χ2v) is 9.89. The van der Waals surface area contributed by atoms with Gasteiger partial charge in [0.05, 0.1) is 24.9 Å². The van der Waals surface area contributed by atoms with Gasteiger partial charge in [-0.3, -0.25) is 19.4 Å². The molecule has 8 nitrogen and oxygen atoms in total. The molecule has 1 aromatic heterocycles. The Kier molecular flexibility index (Phi) is 9.08. The van der Waals surface area contributed by atoms with Crippen LogP contribution in [-0.2, 0) is 14.3 Å². The van der Waals surface area contributed by atoms with Gasteiger partial charge < -0.3 is 20.3 Å². The van der Waals surface area contributed by atoms with E-state index in [1.807, 2.05) is 30.5 Å². The molecule has 0 bridgehead atoms. The summed E-state index contributed by atoms with van der Waals surface area (Å²) >= 11 is 1.63. The number of para-hydroxylation sites is 1. The van der Waals surface area contributed by atoms with E-state index < -0.39 is 11.8 Å². The third-order valence-electron chi connectivity index (χ3n) is 6.59. The van der Waals surface area contributed by atoms with Gasteiger partial charge in [-0.05, 0) is 30.5 Å². The van der Waals surface area contributed by atoms with Crippen LogP contribution in [0.15, 0.2) is 41.8 Å². The first-order valence-electron chi connectivity index (χ1n) is 12.2. The molecule has 190 valence electrons. The number of amides is 2. The van der Waals surface area contributed by atoms with E-state index in [-0.39, 0.29) is 17.9 Å². The third-order valence-corrected chi connectivity index (χ3v) is 7.53. The average Bonchev–Trinajstić information content (AvgIpc) is 3.40. The van der Waals surface area contributed by atoms with Crippen molar-refractivity contribution in [3.05, 3.63) is 52.5 Å². The highest BCUT2D eigenvalue weighted by molar-refractivity contribution is 7.10. The zero-order chi connectivity index (χ0) is 24.6. The molecule has 35 heavy (non-hydrogen) atoms. The van der Waals surface area contributed by atoms with Crippen LogP contribution in [0, 0.1) is 5.82 Å². The molecule has 0 aliphatic carbocycles. The van der Waals surface area contributed by atoms with Crippen molar-refractivity contribution in [2.24, 2.45) is 0 Å². The lowest BCUT2D eigenvalue weighted by molar-refractivity contribution is -0.139. The van der Waals surface area contributed by atoms with E-state index >= 15 is 0 Å². The van der Waals surface area contributed by atoms with E-state index in [1.165, 1.54) is 6.07 Å². The van der Waals surface area contributed by atoms with Crippen LogP contribution >= 0.6 is 11.3 Å². The lowest BCUT2D eigenvalue weighted by Gasteiger charge is -2.42. The number of piperazine rings is 1. The summed E-state index contributed by atoms with van der Waals surface area (Å²) in [6.45, 7) is 8.96. The second-order valence-electron chi connectivity index (χ2n) is 8.91. The molecular weight excluding hydrogens is 469 g/mol. The molecule has 2 saturated heterocycles. The average molecular weight is 504 g/mol. The van der Waals surface area contributed by atoms with E-state index in [1.54, 1.807) is 17.4 Å². The first kappa shape index (κ1) is 25.6. The number of carbonyl (C=O) groups is 2. The normalized spacial score (nSPS) is 19.2. The SMILES string of the molecule is C[C@@H](NC(=O)C(=O)NCCN1CCOCC1)[C@@H](c1cccs1)N1CCN(c2ccccc2F)CC1. The molecule has 2 fully saturated rings. The highest BCUT2D eigenvalue weighted by Crippen LogP contribution is 2.30. The van der Waals surface area contributed by atoms with Crippen LogP contribution in [-0.4, -0.2) is 93.2 Å². The minimum atomic E-state index is -0.619. The topological polar surface area (TPSA) is 77.1 Å². The van der Waals surface area contributed by atoms with Crippen molar-refractivity contribution in [2.75, 3.05) is 70.5 Å². The van der Waals surface area contributed by atoms with Gasteiger partial charge in [-0.15, -0.1) is 11.3 Å². The summed E-state index contributed by atoms with van der Waals surface area (Å²) in [6, 6.07) is 10.6. The molecule has 0 radical (unpaired) electrons. The Bertz CT molecular complexity index is 962. The Morgan fingerprint density at radius 2 is 1.77 bits per heavy atom. The maximum atomic E-state index is 14.2. The fourth-order valence-corrected chi connectivity index (χ4v) is 5.70. The van der Waals surface area contributed by atoms with Gasteiger partial charge >= 0.3 is 11.8 Å². The summed E-state index contributed by atoms with van der Waals surface area (Å²) in [5, 5.41) is 7.66. The molecule has 1 aromatic carbocycles. The number of ether oxygens (including phenoxy) is 1. The highest BCUT2D eigenvalue weighted by atomic mass is 32.1. The second kappa shape index (κ2) is 12.4. The number of rotatable bonds is 8. The molecule has 0 spiro atoms. The van der Waals surface area contributed by atoms with Crippen LogP contribution in [0.1, 0.15) is 17.8 Å². The fraction of sp³-hybridized carbons (Fsp3) is 0.520. The summed E-state index contributed by atoms with van der Waals surface area (Å²) in [7, 11) is 0. The molecule has 0 saturated carbocycles. The third kappa shape index (κ3) is 6.78. The number of anilines is 1. The zero-order valence-corrected chi connectivity index (χ0v) is 20.9. The fourth-order valence-electron chi connectivity index (χ4n) is 4.74. The molecule has 2 aliphatic heterocycles. The van der Waals surface area contributed by atoms with Crippen LogP contribution in [0.25, 0.3) is 0 Å². The molecule has 2 aromatic rings. The number of morpholine rings is 1. The molecule has 3 heterocycles. The Hall–Kier alpha value is -2.53. The molecule has 10 heteroatoms. The van der Waals surface area contributed by atoms with E-state index in [2.05, 4.69) is 31.4 Å². The molecule has 2 atom stereocenters. The van der Waals surface area contributed by atoms with Gasteiger partial charge in [-0.2, -0.15) is 0 Å². The number of hydrogen-bond acceptors (Lipinski definition) is 7. The minimum Gasteiger partial charge on any atom is -0.379 e. The molecule has 0 unspecified atom stereocenters. The Balaban J connectivity index is 1.32. The summed E-state index contributed by atoms with van der Waals surface area (Å²) < 4.78 is 19.6. The number of thiophene rings is 1. The summed E-state index contributed by atoms with van der Waals surface area (Å²) in [5.74, 6) is -1.44. The van der Waals surface area contributed by atoms with Crippen molar-refractivity contribution in [1.29, 1.82) is 0 Å². The smallest absolute Gasteiger partial charge is 0.309 e. The Labute approximate surface area is 210 Å². The van der Waals surface area contributed by atoms with Crippen molar-refractivity contribution in [1.82, 2.24) is 20.4 Å². The van der Waals surface area contributed by atoms with E-state index in [0.29, 0.717) is 45.1 Å². The molecule has 2 N–H and O–H groups in total. The van der Waals surface area contributed by atoms with Gasteiger partial charge in [0.25, 0.3) is 0 Å². The van der Waals surface area contributed by atoms with Crippen molar-refractivity contribution in [3.8, 4) is 0 Å². The van der Waals surface area contributed by atoms with Crippen LogP contribution in [0.3, 0.4) is 0 Å². The maximum absolute atomic E-state index is 14.2. The van der Waals surface area contributed by atoms with Crippen LogP contribution < -0.4 is 15.5 Å². The van der Waals surface area contributed by atoms with Gasteiger partial charge in [-0.1, -0.05) is 18.2 Å². The van der Waals surface area contributed by atoms with Crippen molar-refractivity contribution in [3.63, 3.8) is 0 Å². The number of carbonyl (C=O) groups excluding carboxylic acids is 2. The van der Waals surface area contributed by atoms with Crippen molar-refractivity contribution in [2.45, 2.75) is 19.0 Å². The highest BCUT2D eigenvalue weighted by Gasteiger charge is 2.32. The minimum absolute atomic E-state index is 0.0668. The van der Waals surface area contributed by atoms with Gasteiger partial charge in [0.2, 0.25) is 0 Å². The van der Waals surface area contributed by atoms with Gasteiger partial charge in [0.1, 0.15) is 5.82 Å². The Morgan fingerprint density at radius 3 is 2.46 bits per heavy atom. The number of benzene rings is 1. The van der Waals surface area contributed by atoms with Crippen LogP contribution in [0.4, 0.5) is 10.1 Å². The lowest BCUT2D eigenvalue weighted by Crippen LogP contribution is -2.54. The standard InChI is InChI=1S/C25H34FN5O3S/c1-19(28-25(33)24(32)27-8-9-29-14-16-34-17-15-29)23(22-7-4-18-35-22)31-12-10-30(11-13-31)21-6-3-2-5-20(21)26/h2-7,18-19,23H,8-17H2,1H3,(H,27,32)(H,28,33)/t19-,23+/m1/s1. The number of hydrogen-bond donors (Lipinski definition) is 2. The zero-order valence-electron chi connectivity index (χ0n) is 20.1. The monoisotopic (exact) mass is 503 g/mol. The maximum Gasteiger partial charge on any atom is 0.309 e. The summed E-state index contributed by atoms with van der Waals surface area (Å²) in [4.78, 5) is 32.8. The summed E-state index contributed by atoms with van der Waals surface area (Å²) in [6.07, 6.45) is 0. The molecule has 4 rings (SSSR count). The number of halogens is 1. The van der Waals surface area contributed by atoms with Crippen molar-refractivity contribution >= 4 is 28.8 Å². The van der Waals surface area contributed by atoms with Gasteiger partial charge in [-0.25, -0.2) is 4.39 Å². The van der Waals surface area contributed by atoms with E-state index in [0.717, 1.165) is 31.1 Å². The van der Waals surface area contributed by atoms with Gasteiger partial charge in [0.15, 0.2) is 0 Å². The van der Waals surface area contributed by atoms with E-state index in [4.69, 9.17) is 4.74 Å². The first-order valence-corrected chi connectivity index (χ1v) is 13.1.